The molecule has 2 rings (SSSR count). The van der Waals surface area contributed by atoms with E-state index in [-0.39, 0.29) is 0 Å². The van der Waals surface area contributed by atoms with Crippen molar-refractivity contribution in [2.45, 2.75) is 32.2 Å². The minimum Gasteiger partial charge on any atom is -0.365 e. The molecule has 16 heavy (non-hydrogen) atoms. The predicted octanol–water partition coefficient (Wildman–Crippen LogP) is 1.76. The lowest BCUT2D eigenvalue weighted by Crippen LogP contribution is -2.38. The van der Waals surface area contributed by atoms with Gasteiger partial charge in [0.25, 0.3) is 0 Å². The average Bonchev–Trinajstić information content (AvgIpc) is 2.31. The summed E-state index contributed by atoms with van der Waals surface area (Å²) in [6, 6.07) is 4.29. The molecule has 1 aliphatic heterocycles. The molecule has 0 radical (unpaired) electrons. The topological polar surface area (TPSA) is 41.0 Å². The quantitative estimate of drug-likeness (QED) is 0.839. The number of hydrogen-bond acceptors (Lipinski definition) is 4. The maximum absolute atomic E-state index is 4.03. The van der Waals surface area contributed by atoms with Crippen LogP contribution < -0.4 is 5.32 Å². The van der Waals surface area contributed by atoms with Crippen LogP contribution >= 0.6 is 0 Å². The van der Waals surface area contributed by atoms with Crippen molar-refractivity contribution in [2.75, 3.05) is 25.0 Å². The van der Waals surface area contributed by atoms with Crippen molar-refractivity contribution in [1.29, 1.82) is 0 Å². The number of anilines is 1. The van der Waals surface area contributed by atoms with Crippen molar-refractivity contribution in [2.24, 2.45) is 0 Å². The third-order valence-corrected chi connectivity index (χ3v) is 2.95. The molecule has 0 saturated carbocycles. The van der Waals surface area contributed by atoms with Gasteiger partial charge < -0.3 is 10.2 Å². The zero-order valence-electron chi connectivity index (χ0n) is 9.89. The van der Waals surface area contributed by atoms with E-state index in [0.29, 0.717) is 6.04 Å². The Morgan fingerprint density at radius 2 is 2.19 bits per heavy atom. The summed E-state index contributed by atoms with van der Waals surface area (Å²) < 4.78 is 0. The Hall–Kier alpha value is -1.16. The van der Waals surface area contributed by atoms with Gasteiger partial charge >= 0.3 is 0 Å². The molecule has 0 spiro atoms. The van der Waals surface area contributed by atoms with Crippen molar-refractivity contribution in [3.8, 4) is 0 Å². The SMILES string of the molecule is CC(CN1CCCCC1)Nc1cccnn1. The van der Waals surface area contributed by atoms with Crippen LogP contribution in [0, 0.1) is 0 Å². The van der Waals surface area contributed by atoms with Crippen LogP contribution in [0.15, 0.2) is 18.3 Å². The number of nitrogens with one attached hydrogen (secondary N) is 1. The van der Waals surface area contributed by atoms with E-state index < -0.39 is 0 Å². The molecular weight excluding hydrogens is 200 g/mol. The van der Waals surface area contributed by atoms with E-state index in [1.165, 1.54) is 32.4 Å². The second-order valence-corrected chi connectivity index (χ2v) is 4.52. The number of piperidine rings is 1. The van der Waals surface area contributed by atoms with E-state index in [2.05, 4.69) is 27.3 Å². The Bertz CT molecular complexity index is 295. The lowest BCUT2D eigenvalue weighted by molar-refractivity contribution is 0.223. The molecule has 1 fully saturated rings. The monoisotopic (exact) mass is 220 g/mol. The number of aromatic nitrogens is 2. The second kappa shape index (κ2) is 5.80. The summed E-state index contributed by atoms with van der Waals surface area (Å²) >= 11 is 0. The van der Waals surface area contributed by atoms with Gasteiger partial charge in [-0.15, -0.1) is 5.10 Å². The van der Waals surface area contributed by atoms with E-state index in [1.54, 1.807) is 6.20 Å². The van der Waals surface area contributed by atoms with Crippen molar-refractivity contribution in [3.63, 3.8) is 0 Å². The van der Waals surface area contributed by atoms with E-state index in [1.807, 2.05) is 12.1 Å². The molecule has 1 atom stereocenters. The molecule has 4 nitrogen and oxygen atoms in total. The van der Waals surface area contributed by atoms with Gasteiger partial charge in [-0.1, -0.05) is 6.42 Å². The Morgan fingerprint density at radius 3 is 2.88 bits per heavy atom. The van der Waals surface area contributed by atoms with E-state index in [0.717, 1.165) is 12.4 Å². The van der Waals surface area contributed by atoms with Gasteiger partial charge in [0.1, 0.15) is 5.82 Å². The first-order chi connectivity index (χ1) is 7.84. The molecule has 0 aromatic carbocycles. The summed E-state index contributed by atoms with van der Waals surface area (Å²) in [6.07, 6.45) is 5.78. The van der Waals surface area contributed by atoms with Crippen LogP contribution in [0.2, 0.25) is 0 Å². The van der Waals surface area contributed by atoms with Gasteiger partial charge in [-0.05, 0) is 45.0 Å². The van der Waals surface area contributed by atoms with Gasteiger partial charge in [0.2, 0.25) is 0 Å². The highest BCUT2D eigenvalue weighted by Crippen LogP contribution is 2.10. The molecule has 1 saturated heterocycles. The number of hydrogen-bond donors (Lipinski definition) is 1. The third kappa shape index (κ3) is 3.45. The minimum absolute atomic E-state index is 0.426. The standard InChI is InChI=1S/C12H20N4/c1-11(10-16-8-3-2-4-9-16)14-12-6-5-7-13-15-12/h5-7,11H,2-4,8-10H2,1H3,(H,14,15). The number of rotatable bonds is 4. The minimum atomic E-state index is 0.426. The largest absolute Gasteiger partial charge is 0.365 e. The molecule has 4 heteroatoms. The van der Waals surface area contributed by atoms with Gasteiger partial charge in [0, 0.05) is 18.8 Å². The Kier molecular flexibility index (Phi) is 4.10. The van der Waals surface area contributed by atoms with Crippen LogP contribution in [0.5, 0.6) is 0 Å². The predicted molar refractivity (Wildman–Crippen MR) is 65.4 cm³/mol. The summed E-state index contributed by atoms with van der Waals surface area (Å²) in [7, 11) is 0. The summed E-state index contributed by atoms with van der Waals surface area (Å²) in [5.74, 6) is 0.868. The van der Waals surface area contributed by atoms with Gasteiger partial charge in [-0.3, -0.25) is 0 Å². The molecule has 0 aliphatic carbocycles. The van der Waals surface area contributed by atoms with Gasteiger partial charge in [0.15, 0.2) is 0 Å². The van der Waals surface area contributed by atoms with Crippen LogP contribution in [-0.2, 0) is 0 Å². The van der Waals surface area contributed by atoms with E-state index in [9.17, 15) is 0 Å². The van der Waals surface area contributed by atoms with Crippen molar-refractivity contribution >= 4 is 5.82 Å². The number of nitrogens with zero attached hydrogens (tertiary/aromatic N) is 3. The fourth-order valence-corrected chi connectivity index (χ4v) is 2.21. The molecule has 88 valence electrons. The summed E-state index contributed by atoms with van der Waals surface area (Å²) in [6.45, 7) is 5.78. The Balaban J connectivity index is 1.77. The second-order valence-electron chi connectivity index (χ2n) is 4.52. The molecule has 1 aliphatic rings. The molecule has 2 heterocycles. The lowest BCUT2D eigenvalue weighted by atomic mass is 10.1. The van der Waals surface area contributed by atoms with Crippen LogP contribution in [0.1, 0.15) is 26.2 Å². The summed E-state index contributed by atoms with van der Waals surface area (Å²) in [4.78, 5) is 2.53. The van der Waals surface area contributed by atoms with Crippen molar-refractivity contribution in [1.82, 2.24) is 15.1 Å². The highest BCUT2D eigenvalue weighted by molar-refractivity contribution is 5.32. The average molecular weight is 220 g/mol. The highest BCUT2D eigenvalue weighted by Gasteiger charge is 2.13. The molecular formula is C12H20N4. The fraction of sp³-hybridized carbons (Fsp3) is 0.667. The maximum atomic E-state index is 4.03. The maximum Gasteiger partial charge on any atom is 0.148 e. The first-order valence-corrected chi connectivity index (χ1v) is 6.11. The van der Waals surface area contributed by atoms with Gasteiger partial charge in [-0.25, -0.2) is 0 Å². The van der Waals surface area contributed by atoms with E-state index in [4.69, 9.17) is 0 Å². The molecule has 1 aromatic heterocycles. The summed E-state index contributed by atoms with van der Waals surface area (Å²) in [5.41, 5.74) is 0. The Labute approximate surface area is 97.1 Å². The van der Waals surface area contributed by atoms with Crippen molar-refractivity contribution < 1.29 is 0 Å². The van der Waals surface area contributed by atoms with Crippen LogP contribution in [-0.4, -0.2) is 40.8 Å². The van der Waals surface area contributed by atoms with Crippen LogP contribution in [0.4, 0.5) is 5.82 Å². The molecule has 0 bridgehead atoms. The van der Waals surface area contributed by atoms with Crippen LogP contribution in [0.3, 0.4) is 0 Å². The van der Waals surface area contributed by atoms with Gasteiger partial charge in [0.05, 0.1) is 0 Å². The molecule has 1 aromatic rings. The Morgan fingerprint density at radius 1 is 1.38 bits per heavy atom. The number of likely N-dealkylation sites (tertiary alicyclic amines) is 1. The normalized spacial score (nSPS) is 19.3. The fourth-order valence-electron chi connectivity index (χ4n) is 2.21. The van der Waals surface area contributed by atoms with Crippen LogP contribution in [0.25, 0.3) is 0 Å². The molecule has 1 N–H and O–H groups in total. The molecule has 0 amide bonds. The summed E-state index contributed by atoms with van der Waals surface area (Å²) in [5, 5.41) is 11.3. The zero-order valence-corrected chi connectivity index (χ0v) is 9.89. The van der Waals surface area contributed by atoms with Crippen molar-refractivity contribution in [3.05, 3.63) is 18.3 Å². The van der Waals surface area contributed by atoms with Gasteiger partial charge in [-0.2, -0.15) is 5.10 Å². The first kappa shape index (κ1) is 11.3. The van der Waals surface area contributed by atoms with E-state index >= 15 is 0 Å². The highest BCUT2D eigenvalue weighted by atomic mass is 15.2. The molecule has 1 unspecified atom stereocenters. The third-order valence-electron chi connectivity index (χ3n) is 2.95. The zero-order chi connectivity index (χ0) is 11.2. The lowest BCUT2D eigenvalue weighted by Gasteiger charge is -2.29. The smallest absolute Gasteiger partial charge is 0.148 e. The first-order valence-electron chi connectivity index (χ1n) is 6.11.